The predicted octanol–water partition coefficient (Wildman–Crippen LogP) is 1.24. The minimum Gasteiger partial charge on any atom is -0.380 e. The largest absolute Gasteiger partial charge is 0.380 e. The summed E-state index contributed by atoms with van der Waals surface area (Å²) in [4.78, 5) is 15.9. The molecule has 0 bridgehead atoms. The van der Waals surface area contributed by atoms with Gasteiger partial charge in [0.15, 0.2) is 0 Å². The number of aromatic nitrogens is 5. The average Bonchev–Trinajstić information content (AvgIpc) is 3.36. The van der Waals surface area contributed by atoms with Gasteiger partial charge in [-0.2, -0.15) is 9.61 Å². The summed E-state index contributed by atoms with van der Waals surface area (Å²) in [7, 11) is 0. The number of fused-ring (bicyclic) bond motifs is 1. The molecular weight excluding hydrogens is 306 g/mol. The number of hydrogen-bond donors (Lipinski definition) is 2. The summed E-state index contributed by atoms with van der Waals surface area (Å²) in [6.07, 6.45) is 7.18. The second-order valence-electron chi connectivity index (χ2n) is 5.77. The van der Waals surface area contributed by atoms with Crippen LogP contribution < -0.4 is 10.6 Å². The van der Waals surface area contributed by atoms with Crippen molar-refractivity contribution in [2.24, 2.45) is 0 Å². The summed E-state index contributed by atoms with van der Waals surface area (Å²) >= 11 is 0. The smallest absolute Gasteiger partial charge is 0.251 e. The number of carbonyl (C=O) groups excluding carboxylic acids is 1. The van der Waals surface area contributed by atoms with Crippen molar-refractivity contribution < 1.29 is 4.79 Å². The van der Waals surface area contributed by atoms with E-state index in [1.807, 2.05) is 6.07 Å². The number of anilines is 1. The van der Waals surface area contributed by atoms with Gasteiger partial charge in [-0.15, -0.1) is 10.2 Å². The zero-order chi connectivity index (χ0) is 16.4. The zero-order valence-electron chi connectivity index (χ0n) is 13.0. The minimum atomic E-state index is -0.111. The van der Waals surface area contributed by atoms with E-state index in [-0.39, 0.29) is 5.91 Å². The summed E-state index contributed by atoms with van der Waals surface area (Å²) in [5, 5.41) is 18.7. The van der Waals surface area contributed by atoms with E-state index in [2.05, 4.69) is 30.9 Å². The van der Waals surface area contributed by atoms with Crippen LogP contribution in [0.1, 0.15) is 34.8 Å². The third-order valence-electron chi connectivity index (χ3n) is 3.95. The SMILES string of the molecule is O=C(NCCNc1cc(C2CC2)nn2cnnc12)c1ccncc1. The molecule has 8 heteroatoms. The number of amides is 1. The molecule has 0 saturated heterocycles. The van der Waals surface area contributed by atoms with Crippen molar-refractivity contribution in [3.63, 3.8) is 0 Å². The van der Waals surface area contributed by atoms with Gasteiger partial charge in [0.1, 0.15) is 6.33 Å². The van der Waals surface area contributed by atoms with E-state index in [1.54, 1.807) is 35.4 Å². The lowest BCUT2D eigenvalue weighted by Gasteiger charge is -2.10. The lowest BCUT2D eigenvalue weighted by Crippen LogP contribution is -2.28. The standard InChI is InChI=1S/C16H17N7O/c24-16(12-3-5-17-6-4-12)19-8-7-18-14-9-13(11-1-2-11)22-23-10-20-21-15(14)23/h3-6,9-11,18H,1-2,7-8H2,(H,19,24). The Balaban J connectivity index is 1.38. The highest BCUT2D eigenvalue weighted by atomic mass is 16.1. The molecule has 0 unspecified atom stereocenters. The summed E-state index contributed by atoms with van der Waals surface area (Å²) in [5.74, 6) is 0.434. The zero-order valence-corrected chi connectivity index (χ0v) is 13.0. The molecular formula is C16H17N7O. The highest BCUT2D eigenvalue weighted by molar-refractivity contribution is 5.93. The number of pyridine rings is 1. The van der Waals surface area contributed by atoms with Gasteiger partial charge in [-0.05, 0) is 31.0 Å². The molecule has 122 valence electrons. The van der Waals surface area contributed by atoms with Gasteiger partial charge in [0.25, 0.3) is 5.91 Å². The topological polar surface area (TPSA) is 97.1 Å². The molecule has 8 nitrogen and oxygen atoms in total. The van der Waals surface area contributed by atoms with Gasteiger partial charge in [0, 0.05) is 37.0 Å². The van der Waals surface area contributed by atoms with E-state index in [1.165, 1.54) is 12.8 Å². The Kier molecular flexibility index (Phi) is 3.78. The van der Waals surface area contributed by atoms with E-state index >= 15 is 0 Å². The molecule has 0 atom stereocenters. The van der Waals surface area contributed by atoms with Crippen LogP contribution in [0.3, 0.4) is 0 Å². The average molecular weight is 323 g/mol. The molecule has 24 heavy (non-hydrogen) atoms. The fourth-order valence-electron chi connectivity index (χ4n) is 2.53. The first-order valence-electron chi connectivity index (χ1n) is 7.94. The molecule has 0 aliphatic heterocycles. The predicted molar refractivity (Wildman–Crippen MR) is 87.8 cm³/mol. The van der Waals surface area contributed by atoms with Crippen LogP contribution >= 0.6 is 0 Å². The normalized spacial score (nSPS) is 13.8. The highest BCUT2D eigenvalue weighted by Gasteiger charge is 2.26. The first kappa shape index (κ1) is 14.6. The molecule has 3 aromatic rings. The highest BCUT2D eigenvalue weighted by Crippen LogP contribution is 2.39. The van der Waals surface area contributed by atoms with Crippen LogP contribution in [0.15, 0.2) is 36.9 Å². The monoisotopic (exact) mass is 323 g/mol. The van der Waals surface area contributed by atoms with E-state index < -0.39 is 0 Å². The fraction of sp³-hybridized carbons (Fsp3) is 0.312. The van der Waals surface area contributed by atoms with Crippen molar-refractivity contribution in [1.29, 1.82) is 0 Å². The number of rotatable bonds is 6. The van der Waals surface area contributed by atoms with E-state index in [0.29, 0.717) is 30.2 Å². The van der Waals surface area contributed by atoms with Gasteiger partial charge in [-0.25, -0.2) is 0 Å². The van der Waals surface area contributed by atoms with E-state index in [0.717, 1.165) is 11.4 Å². The second-order valence-corrected chi connectivity index (χ2v) is 5.77. The Bertz CT molecular complexity index is 857. The number of carbonyl (C=O) groups is 1. The molecule has 1 fully saturated rings. The Morgan fingerprint density at radius 1 is 1.25 bits per heavy atom. The van der Waals surface area contributed by atoms with Crippen LogP contribution in [0.5, 0.6) is 0 Å². The minimum absolute atomic E-state index is 0.111. The Morgan fingerprint density at radius 2 is 2.08 bits per heavy atom. The molecule has 1 saturated carbocycles. The van der Waals surface area contributed by atoms with Crippen LogP contribution in [0.4, 0.5) is 5.69 Å². The molecule has 3 heterocycles. The van der Waals surface area contributed by atoms with Crippen molar-refractivity contribution in [3.05, 3.63) is 48.2 Å². The second kappa shape index (κ2) is 6.23. The lowest BCUT2D eigenvalue weighted by molar-refractivity contribution is 0.0955. The van der Waals surface area contributed by atoms with Crippen molar-refractivity contribution in [2.75, 3.05) is 18.4 Å². The Hall–Kier alpha value is -3.03. The van der Waals surface area contributed by atoms with E-state index in [9.17, 15) is 4.79 Å². The Morgan fingerprint density at radius 3 is 2.88 bits per heavy atom. The molecule has 0 aromatic carbocycles. The van der Waals surface area contributed by atoms with Crippen LogP contribution in [0.2, 0.25) is 0 Å². The van der Waals surface area contributed by atoms with Crippen molar-refractivity contribution in [3.8, 4) is 0 Å². The molecule has 0 spiro atoms. The van der Waals surface area contributed by atoms with Gasteiger partial charge in [0.05, 0.1) is 11.4 Å². The van der Waals surface area contributed by atoms with Crippen molar-refractivity contribution in [1.82, 2.24) is 30.1 Å². The molecule has 1 aliphatic carbocycles. The quantitative estimate of drug-likeness (QED) is 0.662. The molecule has 3 aromatic heterocycles. The summed E-state index contributed by atoms with van der Waals surface area (Å²) in [6.45, 7) is 1.09. The number of nitrogens with one attached hydrogen (secondary N) is 2. The first-order valence-corrected chi connectivity index (χ1v) is 7.94. The maximum Gasteiger partial charge on any atom is 0.251 e. The van der Waals surface area contributed by atoms with Crippen molar-refractivity contribution in [2.45, 2.75) is 18.8 Å². The summed E-state index contributed by atoms with van der Waals surface area (Å²) in [6, 6.07) is 5.41. The van der Waals surface area contributed by atoms with Gasteiger partial charge in [0.2, 0.25) is 5.65 Å². The van der Waals surface area contributed by atoms with Crippen LogP contribution in [0.25, 0.3) is 5.65 Å². The van der Waals surface area contributed by atoms with Crippen LogP contribution in [-0.2, 0) is 0 Å². The molecule has 1 aliphatic rings. The first-order chi connectivity index (χ1) is 11.8. The maximum atomic E-state index is 12.0. The summed E-state index contributed by atoms with van der Waals surface area (Å²) < 4.78 is 1.70. The lowest BCUT2D eigenvalue weighted by atomic mass is 10.2. The van der Waals surface area contributed by atoms with Crippen LogP contribution in [0, 0.1) is 0 Å². The van der Waals surface area contributed by atoms with E-state index in [4.69, 9.17) is 0 Å². The van der Waals surface area contributed by atoms with Gasteiger partial charge >= 0.3 is 0 Å². The molecule has 0 radical (unpaired) electrons. The fourth-order valence-corrected chi connectivity index (χ4v) is 2.53. The summed E-state index contributed by atoms with van der Waals surface area (Å²) in [5.41, 5.74) is 3.25. The van der Waals surface area contributed by atoms with Crippen LogP contribution in [-0.4, -0.2) is 43.8 Å². The number of nitrogens with zero attached hydrogens (tertiary/aromatic N) is 5. The van der Waals surface area contributed by atoms with Gasteiger partial charge in [-0.3, -0.25) is 9.78 Å². The third-order valence-corrected chi connectivity index (χ3v) is 3.95. The Labute approximate surface area is 138 Å². The molecule has 4 rings (SSSR count). The van der Waals surface area contributed by atoms with Crippen molar-refractivity contribution >= 4 is 17.2 Å². The van der Waals surface area contributed by atoms with Gasteiger partial charge in [-0.1, -0.05) is 0 Å². The molecule has 1 amide bonds. The molecule has 2 N–H and O–H groups in total. The maximum absolute atomic E-state index is 12.0. The van der Waals surface area contributed by atoms with Gasteiger partial charge < -0.3 is 10.6 Å². The third kappa shape index (κ3) is 3.03. The number of hydrogen-bond acceptors (Lipinski definition) is 6.